The minimum absolute atomic E-state index is 0.167. The van der Waals surface area contributed by atoms with Crippen LogP contribution in [0.15, 0.2) is 42.5 Å². The van der Waals surface area contributed by atoms with Crippen LogP contribution >= 0.6 is 22.9 Å². The highest BCUT2D eigenvalue weighted by molar-refractivity contribution is 7.16. The summed E-state index contributed by atoms with van der Waals surface area (Å²) in [6.45, 7) is 1.47. The molecule has 1 fully saturated rings. The van der Waals surface area contributed by atoms with Gasteiger partial charge in [-0.25, -0.2) is 4.68 Å². The molecular weight excluding hydrogens is 408 g/mol. The Kier molecular flexibility index (Phi) is 6.33. The van der Waals surface area contributed by atoms with Gasteiger partial charge in [0, 0.05) is 29.7 Å². The van der Waals surface area contributed by atoms with E-state index in [-0.39, 0.29) is 5.91 Å². The van der Waals surface area contributed by atoms with E-state index in [1.807, 2.05) is 24.3 Å². The number of hydrogen-bond donors (Lipinski definition) is 0. The SMILES string of the molecule is COc1ccccc1C(=O)n1nc(C2CCOCC2)cc1CCc1ccc(Cl)s1. The van der Waals surface area contributed by atoms with Crippen LogP contribution in [0.2, 0.25) is 4.34 Å². The van der Waals surface area contributed by atoms with E-state index in [9.17, 15) is 4.79 Å². The number of carbonyl (C=O) groups excluding carboxylic acids is 1. The Labute approximate surface area is 179 Å². The lowest BCUT2D eigenvalue weighted by molar-refractivity contribution is 0.0840. The average Bonchev–Trinajstić information content (AvgIpc) is 3.38. The molecule has 3 aromatic rings. The Morgan fingerprint density at radius 3 is 2.76 bits per heavy atom. The largest absolute Gasteiger partial charge is 0.496 e. The number of benzene rings is 1. The number of carbonyl (C=O) groups is 1. The summed E-state index contributed by atoms with van der Waals surface area (Å²) >= 11 is 7.64. The van der Waals surface area contributed by atoms with E-state index in [0.717, 1.165) is 48.2 Å². The van der Waals surface area contributed by atoms with E-state index in [1.165, 1.54) is 4.88 Å². The summed E-state index contributed by atoms with van der Waals surface area (Å²) < 4.78 is 13.2. The number of methoxy groups -OCH3 is 1. The predicted molar refractivity (Wildman–Crippen MR) is 114 cm³/mol. The highest BCUT2D eigenvalue weighted by atomic mass is 35.5. The van der Waals surface area contributed by atoms with Gasteiger partial charge in [-0.2, -0.15) is 5.10 Å². The van der Waals surface area contributed by atoms with Gasteiger partial charge in [-0.3, -0.25) is 4.79 Å². The quantitative estimate of drug-likeness (QED) is 0.553. The van der Waals surface area contributed by atoms with Gasteiger partial charge in [0.1, 0.15) is 5.75 Å². The van der Waals surface area contributed by atoms with Crippen molar-refractivity contribution in [1.29, 1.82) is 0 Å². The number of aromatic nitrogens is 2. The van der Waals surface area contributed by atoms with Crippen LogP contribution < -0.4 is 4.74 Å². The second kappa shape index (κ2) is 9.11. The molecule has 4 rings (SSSR count). The first-order valence-corrected chi connectivity index (χ1v) is 10.9. The molecule has 0 radical (unpaired) electrons. The molecule has 0 saturated carbocycles. The van der Waals surface area contributed by atoms with Crippen molar-refractivity contribution in [3.63, 3.8) is 0 Å². The van der Waals surface area contributed by atoms with E-state index in [1.54, 1.807) is 35.3 Å². The van der Waals surface area contributed by atoms with Crippen molar-refractivity contribution < 1.29 is 14.3 Å². The van der Waals surface area contributed by atoms with Crippen molar-refractivity contribution in [2.24, 2.45) is 0 Å². The molecule has 5 nitrogen and oxygen atoms in total. The molecule has 1 aliphatic heterocycles. The molecule has 1 aromatic carbocycles. The number of ether oxygens (including phenoxy) is 2. The zero-order valence-corrected chi connectivity index (χ0v) is 17.8. The maximum atomic E-state index is 13.3. The lowest BCUT2D eigenvalue weighted by Crippen LogP contribution is -2.19. The van der Waals surface area contributed by atoms with Crippen LogP contribution in [0.1, 0.15) is 45.4 Å². The normalized spacial score (nSPS) is 14.8. The predicted octanol–water partition coefficient (Wildman–Crippen LogP) is 4.97. The van der Waals surface area contributed by atoms with E-state index in [0.29, 0.717) is 23.7 Å². The van der Waals surface area contributed by atoms with E-state index < -0.39 is 0 Å². The fourth-order valence-corrected chi connectivity index (χ4v) is 4.75. The van der Waals surface area contributed by atoms with Crippen molar-refractivity contribution in [2.45, 2.75) is 31.6 Å². The second-order valence-corrected chi connectivity index (χ2v) is 8.87. The summed E-state index contributed by atoms with van der Waals surface area (Å²) in [6.07, 6.45) is 3.39. The van der Waals surface area contributed by atoms with Crippen molar-refractivity contribution in [3.05, 3.63) is 68.6 Å². The van der Waals surface area contributed by atoms with Gasteiger partial charge in [0.2, 0.25) is 0 Å². The van der Waals surface area contributed by atoms with Crippen LogP contribution in [0.3, 0.4) is 0 Å². The highest BCUT2D eigenvalue weighted by Crippen LogP contribution is 2.29. The first-order chi connectivity index (χ1) is 14.2. The molecule has 0 atom stereocenters. The van der Waals surface area contributed by atoms with Crippen LogP contribution in [0, 0.1) is 0 Å². The maximum Gasteiger partial charge on any atom is 0.282 e. The van der Waals surface area contributed by atoms with Gasteiger partial charge in [0.25, 0.3) is 5.91 Å². The van der Waals surface area contributed by atoms with Gasteiger partial charge in [-0.1, -0.05) is 23.7 Å². The summed E-state index contributed by atoms with van der Waals surface area (Å²) in [5, 5.41) is 4.74. The van der Waals surface area contributed by atoms with Gasteiger partial charge in [0.15, 0.2) is 0 Å². The van der Waals surface area contributed by atoms with E-state index in [4.69, 9.17) is 26.2 Å². The number of aryl methyl sites for hydroxylation is 2. The van der Waals surface area contributed by atoms with Gasteiger partial charge in [-0.05, 0) is 56.0 Å². The monoisotopic (exact) mass is 430 g/mol. The molecule has 29 heavy (non-hydrogen) atoms. The third kappa shape index (κ3) is 4.55. The topological polar surface area (TPSA) is 53.4 Å². The lowest BCUT2D eigenvalue weighted by atomic mass is 9.96. The number of para-hydroxylation sites is 1. The molecule has 0 unspecified atom stereocenters. The Morgan fingerprint density at radius 1 is 1.24 bits per heavy atom. The molecule has 0 bridgehead atoms. The molecule has 7 heteroatoms. The van der Waals surface area contributed by atoms with E-state index in [2.05, 4.69) is 6.07 Å². The molecule has 0 aliphatic carbocycles. The van der Waals surface area contributed by atoms with Crippen molar-refractivity contribution >= 4 is 28.8 Å². The van der Waals surface area contributed by atoms with Crippen LogP contribution in [0.4, 0.5) is 0 Å². The minimum atomic E-state index is -0.167. The molecule has 2 aromatic heterocycles. The van der Waals surface area contributed by atoms with Crippen molar-refractivity contribution in [1.82, 2.24) is 9.78 Å². The Balaban J connectivity index is 1.65. The van der Waals surface area contributed by atoms with Gasteiger partial charge < -0.3 is 9.47 Å². The highest BCUT2D eigenvalue weighted by Gasteiger charge is 2.24. The Morgan fingerprint density at radius 2 is 2.03 bits per heavy atom. The zero-order valence-electron chi connectivity index (χ0n) is 16.3. The molecule has 0 spiro atoms. The number of hydrogen-bond acceptors (Lipinski definition) is 5. The molecule has 1 aliphatic rings. The van der Waals surface area contributed by atoms with Gasteiger partial charge >= 0.3 is 0 Å². The number of thiophene rings is 1. The zero-order chi connectivity index (χ0) is 20.2. The fourth-order valence-electron chi connectivity index (χ4n) is 3.66. The van der Waals surface area contributed by atoms with Crippen LogP contribution in [-0.2, 0) is 17.6 Å². The number of nitrogens with zero attached hydrogens (tertiary/aromatic N) is 2. The van der Waals surface area contributed by atoms with Crippen LogP contribution in [0.25, 0.3) is 0 Å². The summed E-state index contributed by atoms with van der Waals surface area (Å²) in [5.41, 5.74) is 2.39. The number of halogens is 1. The summed E-state index contributed by atoms with van der Waals surface area (Å²) in [6, 6.07) is 13.3. The fraction of sp³-hybridized carbons (Fsp3) is 0.364. The van der Waals surface area contributed by atoms with E-state index >= 15 is 0 Å². The third-order valence-electron chi connectivity index (χ3n) is 5.23. The standard InChI is InChI=1S/C22H23ClN2O3S/c1-27-20-5-3-2-4-18(20)22(26)25-16(6-7-17-8-9-21(23)29-17)14-19(24-25)15-10-12-28-13-11-15/h2-5,8-9,14-15H,6-7,10-13H2,1H3. The molecule has 0 amide bonds. The Bertz CT molecular complexity index is 992. The summed E-state index contributed by atoms with van der Waals surface area (Å²) in [5.74, 6) is 0.710. The lowest BCUT2D eigenvalue weighted by Gasteiger charge is -2.19. The Hall–Kier alpha value is -2.15. The van der Waals surface area contributed by atoms with Gasteiger partial charge in [0.05, 0.1) is 22.7 Å². The van der Waals surface area contributed by atoms with Crippen molar-refractivity contribution in [2.75, 3.05) is 20.3 Å². The summed E-state index contributed by atoms with van der Waals surface area (Å²) in [7, 11) is 1.57. The minimum Gasteiger partial charge on any atom is -0.496 e. The molecule has 3 heterocycles. The molecular formula is C22H23ClN2O3S. The molecule has 0 N–H and O–H groups in total. The second-order valence-electron chi connectivity index (χ2n) is 7.07. The summed E-state index contributed by atoms with van der Waals surface area (Å²) in [4.78, 5) is 14.5. The molecule has 152 valence electrons. The van der Waals surface area contributed by atoms with Crippen molar-refractivity contribution in [3.8, 4) is 5.75 Å². The third-order valence-corrected chi connectivity index (χ3v) is 6.52. The molecule has 1 saturated heterocycles. The van der Waals surface area contributed by atoms with Crippen LogP contribution in [-0.4, -0.2) is 36.0 Å². The smallest absolute Gasteiger partial charge is 0.282 e. The van der Waals surface area contributed by atoms with Gasteiger partial charge in [-0.15, -0.1) is 11.3 Å². The first-order valence-electron chi connectivity index (χ1n) is 9.74. The average molecular weight is 431 g/mol. The maximum absolute atomic E-state index is 13.3. The first kappa shape index (κ1) is 20.1. The van der Waals surface area contributed by atoms with Crippen LogP contribution in [0.5, 0.6) is 5.75 Å². The number of rotatable bonds is 6.